The maximum atomic E-state index is 11.4. The molecule has 0 saturated heterocycles. The van der Waals surface area contributed by atoms with E-state index in [9.17, 15) is 4.79 Å². The van der Waals surface area contributed by atoms with E-state index in [2.05, 4.69) is 6.92 Å². The summed E-state index contributed by atoms with van der Waals surface area (Å²) in [7, 11) is 3.12. The van der Waals surface area contributed by atoms with Gasteiger partial charge in [0.05, 0.1) is 19.8 Å². The van der Waals surface area contributed by atoms with E-state index in [1.807, 2.05) is 0 Å². The number of benzene rings is 1. The number of hydrogen-bond donors (Lipinski definition) is 0. The Hall–Kier alpha value is -1.51. The van der Waals surface area contributed by atoms with Gasteiger partial charge in [-0.25, -0.2) is 0 Å². The fraction of sp³-hybridized carbons (Fsp3) is 0.333. The Labute approximate surface area is 90.0 Å². The number of rotatable bonds is 4. The minimum Gasteiger partial charge on any atom is -0.496 e. The Morgan fingerprint density at radius 1 is 1.27 bits per heavy atom. The smallest absolute Gasteiger partial charge is 0.163 e. The van der Waals surface area contributed by atoms with Gasteiger partial charge in [0.25, 0.3) is 0 Å². The molecule has 0 atom stereocenters. The number of Topliss-reactive ketones (excluding diaryl/α,β-unsaturated/α-hetero) is 1. The molecule has 0 aliphatic heterocycles. The normalized spacial score (nSPS) is 9.87. The van der Waals surface area contributed by atoms with Crippen LogP contribution in [0.1, 0.15) is 22.8 Å². The molecule has 1 radical (unpaired) electrons. The minimum absolute atomic E-state index is 0.0239. The summed E-state index contributed by atoms with van der Waals surface area (Å²) in [5.41, 5.74) is 1.47. The van der Waals surface area contributed by atoms with Gasteiger partial charge in [0.2, 0.25) is 0 Å². The molecule has 0 unspecified atom stereocenters. The zero-order chi connectivity index (χ0) is 11.4. The maximum absolute atomic E-state index is 11.4. The van der Waals surface area contributed by atoms with Gasteiger partial charge >= 0.3 is 0 Å². The SMILES string of the molecule is [CH2]Cc1cc(C(C)=O)c(OC)cc1OC. The first kappa shape index (κ1) is 11.6. The van der Waals surface area contributed by atoms with Gasteiger partial charge in [0, 0.05) is 6.07 Å². The molecule has 81 valence electrons. The number of hydrogen-bond acceptors (Lipinski definition) is 3. The zero-order valence-corrected chi connectivity index (χ0v) is 9.29. The van der Waals surface area contributed by atoms with E-state index in [4.69, 9.17) is 9.47 Å². The average Bonchev–Trinajstić information content (AvgIpc) is 2.26. The first-order valence-corrected chi connectivity index (χ1v) is 4.69. The van der Waals surface area contributed by atoms with E-state index in [0.717, 1.165) is 5.56 Å². The first-order chi connectivity index (χ1) is 7.13. The second kappa shape index (κ2) is 4.82. The molecule has 0 amide bonds. The van der Waals surface area contributed by atoms with E-state index in [1.165, 1.54) is 14.0 Å². The topological polar surface area (TPSA) is 35.5 Å². The Balaban J connectivity index is 3.34. The molecule has 0 aliphatic carbocycles. The number of ether oxygens (including phenoxy) is 2. The van der Waals surface area contributed by atoms with Crippen molar-refractivity contribution in [2.24, 2.45) is 0 Å². The van der Waals surface area contributed by atoms with Crippen LogP contribution < -0.4 is 9.47 Å². The first-order valence-electron chi connectivity index (χ1n) is 4.69. The molecule has 1 aromatic rings. The highest BCUT2D eigenvalue weighted by Gasteiger charge is 2.12. The van der Waals surface area contributed by atoms with Crippen molar-refractivity contribution in [3.8, 4) is 11.5 Å². The van der Waals surface area contributed by atoms with Gasteiger partial charge in [-0.05, 0) is 31.9 Å². The summed E-state index contributed by atoms with van der Waals surface area (Å²) in [5, 5.41) is 0. The fourth-order valence-corrected chi connectivity index (χ4v) is 1.44. The molecule has 15 heavy (non-hydrogen) atoms. The van der Waals surface area contributed by atoms with Crippen molar-refractivity contribution < 1.29 is 14.3 Å². The monoisotopic (exact) mass is 207 g/mol. The van der Waals surface area contributed by atoms with Crippen LogP contribution in [0.2, 0.25) is 0 Å². The van der Waals surface area contributed by atoms with Crippen molar-refractivity contribution in [2.45, 2.75) is 13.3 Å². The standard InChI is InChI=1S/C12H15O3/c1-5-9-6-10(8(2)13)12(15-4)7-11(9)14-3/h6-7H,1,5H2,2-4H3. The van der Waals surface area contributed by atoms with Gasteiger partial charge in [-0.3, -0.25) is 4.79 Å². The predicted octanol–water partition coefficient (Wildman–Crippen LogP) is 2.28. The predicted molar refractivity (Wildman–Crippen MR) is 58.6 cm³/mol. The van der Waals surface area contributed by atoms with Crippen LogP contribution >= 0.6 is 0 Å². The zero-order valence-electron chi connectivity index (χ0n) is 9.29. The van der Waals surface area contributed by atoms with E-state index < -0.39 is 0 Å². The molecule has 0 aromatic heterocycles. The van der Waals surface area contributed by atoms with Crippen LogP contribution in [-0.4, -0.2) is 20.0 Å². The van der Waals surface area contributed by atoms with Crippen LogP contribution in [0.25, 0.3) is 0 Å². The molecule has 3 heteroatoms. The molecule has 0 fully saturated rings. The highest BCUT2D eigenvalue weighted by atomic mass is 16.5. The van der Waals surface area contributed by atoms with Gasteiger partial charge in [-0.15, -0.1) is 0 Å². The van der Waals surface area contributed by atoms with Gasteiger partial charge in [0.1, 0.15) is 11.5 Å². The summed E-state index contributed by atoms with van der Waals surface area (Å²) in [6, 6.07) is 3.49. The maximum Gasteiger partial charge on any atom is 0.163 e. The van der Waals surface area contributed by atoms with Gasteiger partial charge in [0.15, 0.2) is 5.78 Å². The van der Waals surface area contributed by atoms with Crippen LogP contribution in [0, 0.1) is 6.92 Å². The lowest BCUT2D eigenvalue weighted by Gasteiger charge is -2.12. The Bertz CT molecular complexity index is 369. The lowest BCUT2D eigenvalue weighted by molar-refractivity contribution is 0.101. The second-order valence-electron chi connectivity index (χ2n) is 3.17. The lowest BCUT2D eigenvalue weighted by atomic mass is 10.0. The summed E-state index contributed by atoms with van der Waals surface area (Å²) in [6.45, 7) is 5.30. The Morgan fingerprint density at radius 3 is 2.27 bits per heavy atom. The van der Waals surface area contributed by atoms with Crippen LogP contribution in [0.3, 0.4) is 0 Å². The van der Waals surface area contributed by atoms with Crippen molar-refractivity contribution in [1.82, 2.24) is 0 Å². The molecule has 0 spiro atoms. The van der Waals surface area contributed by atoms with Crippen molar-refractivity contribution in [3.05, 3.63) is 30.2 Å². The summed E-state index contributed by atoms with van der Waals surface area (Å²) in [4.78, 5) is 11.4. The molecular formula is C12H15O3. The minimum atomic E-state index is -0.0239. The van der Waals surface area contributed by atoms with E-state index >= 15 is 0 Å². The number of ketones is 1. The number of carbonyl (C=O) groups is 1. The highest BCUT2D eigenvalue weighted by Crippen LogP contribution is 2.29. The second-order valence-corrected chi connectivity index (χ2v) is 3.17. The van der Waals surface area contributed by atoms with Crippen molar-refractivity contribution in [2.75, 3.05) is 14.2 Å². The van der Waals surface area contributed by atoms with E-state index in [0.29, 0.717) is 23.5 Å². The van der Waals surface area contributed by atoms with Crippen LogP contribution in [0.15, 0.2) is 12.1 Å². The van der Waals surface area contributed by atoms with E-state index in [-0.39, 0.29) is 5.78 Å². The number of carbonyl (C=O) groups excluding carboxylic acids is 1. The number of methoxy groups -OCH3 is 2. The molecule has 0 saturated carbocycles. The molecule has 0 aliphatic rings. The third kappa shape index (κ3) is 2.29. The average molecular weight is 207 g/mol. The van der Waals surface area contributed by atoms with Gasteiger partial charge in [-0.1, -0.05) is 0 Å². The summed E-state index contributed by atoms with van der Waals surface area (Å²) >= 11 is 0. The summed E-state index contributed by atoms with van der Waals surface area (Å²) in [5.74, 6) is 1.22. The third-order valence-corrected chi connectivity index (χ3v) is 2.25. The van der Waals surface area contributed by atoms with Crippen molar-refractivity contribution in [3.63, 3.8) is 0 Å². The Kier molecular flexibility index (Phi) is 3.72. The summed E-state index contributed by atoms with van der Waals surface area (Å²) in [6.07, 6.45) is 0.577. The molecular weight excluding hydrogens is 192 g/mol. The molecule has 1 rings (SSSR count). The summed E-state index contributed by atoms with van der Waals surface area (Å²) < 4.78 is 10.3. The molecule has 0 bridgehead atoms. The fourth-order valence-electron chi connectivity index (χ4n) is 1.44. The third-order valence-electron chi connectivity index (χ3n) is 2.25. The molecule has 0 N–H and O–H groups in total. The van der Waals surface area contributed by atoms with Gasteiger partial charge < -0.3 is 9.47 Å². The van der Waals surface area contributed by atoms with Crippen LogP contribution in [0.4, 0.5) is 0 Å². The van der Waals surface area contributed by atoms with Crippen LogP contribution in [0.5, 0.6) is 11.5 Å². The Morgan fingerprint density at radius 2 is 1.87 bits per heavy atom. The van der Waals surface area contributed by atoms with Crippen molar-refractivity contribution in [1.29, 1.82) is 0 Å². The molecule has 0 heterocycles. The van der Waals surface area contributed by atoms with Crippen molar-refractivity contribution >= 4 is 5.78 Å². The van der Waals surface area contributed by atoms with Gasteiger partial charge in [-0.2, -0.15) is 0 Å². The molecule has 3 nitrogen and oxygen atoms in total. The van der Waals surface area contributed by atoms with E-state index in [1.54, 1.807) is 19.2 Å². The quantitative estimate of drug-likeness (QED) is 0.710. The van der Waals surface area contributed by atoms with Crippen LogP contribution in [-0.2, 0) is 6.42 Å². The highest BCUT2D eigenvalue weighted by molar-refractivity contribution is 5.97. The largest absolute Gasteiger partial charge is 0.496 e. The molecule has 1 aromatic carbocycles. The lowest BCUT2D eigenvalue weighted by Crippen LogP contribution is -2.01.